The smallest absolute Gasteiger partial charge is 0.335 e. The third-order valence-corrected chi connectivity index (χ3v) is 3.23. The maximum absolute atomic E-state index is 11.1. The molecule has 0 bridgehead atoms. The van der Waals surface area contributed by atoms with Crippen LogP contribution in [-0.2, 0) is 6.54 Å². The standard InChI is InChI=1S/C15H13N3O3/c1-21-14-5-2-10(7-16-14)8-18-9-17-12-4-3-11(15(19)20)6-13(12)18/h2-7,9H,8H2,1H3,(H,19,20). The maximum Gasteiger partial charge on any atom is 0.335 e. The van der Waals surface area contributed by atoms with Gasteiger partial charge in [0.2, 0.25) is 5.88 Å². The molecule has 6 nitrogen and oxygen atoms in total. The van der Waals surface area contributed by atoms with Crippen molar-refractivity contribution >= 4 is 17.0 Å². The largest absolute Gasteiger partial charge is 0.481 e. The van der Waals surface area contributed by atoms with E-state index in [4.69, 9.17) is 9.84 Å². The summed E-state index contributed by atoms with van der Waals surface area (Å²) in [6.07, 6.45) is 3.42. The fourth-order valence-electron chi connectivity index (χ4n) is 2.14. The van der Waals surface area contributed by atoms with Gasteiger partial charge >= 0.3 is 5.97 Å². The molecule has 0 aliphatic rings. The lowest BCUT2D eigenvalue weighted by Gasteiger charge is -2.05. The molecule has 0 radical (unpaired) electrons. The summed E-state index contributed by atoms with van der Waals surface area (Å²) >= 11 is 0. The van der Waals surface area contributed by atoms with Gasteiger partial charge in [0.15, 0.2) is 0 Å². The number of pyridine rings is 1. The minimum atomic E-state index is -0.948. The number of nitrogens with zero attached hydrogens (tertiary/aromatic N) is 3. The quantitative estimate of drug-likeness (QED) is 0.794. The van der Waals surface area contributed by atoms with Crippen molar-refractivity contribution in [3.05, 3.63) is 54.0 Å². The molecule has 0 fully saturated rings. The number of carboxylic acids is 1. The van der Waals surface area contributed by atoms with E-state index in [9.17, 15) is 4.79 Å². The number of rotatable bonds is 4. The van der Waals surface area contributed by atoms with Crippen LogP contribution in [0.25, 0.3) is 11.0 Å². The molecule has 0 aliphatic carbocycles. The van der Waals surface area contributed by atoms with Crippen molar-refractivity contribution in [3.63, 3.8) is 0 Å². The topological polar surface area (TPSA) is 77.2 Å². The second kappa shape index (κ2) is 5.24. The monoisotopic (exact) mass is 283 g/mol. The second-order valence-corrected chi connectivity index (χ2v) is 4.59. The Labute approximate surface area is 120 Å². The van der Waals surface area contributed by atoms with Crippen molar-refractivity contribution < 1.29 is 14.6 Å². The van der Waals surface area contributed by atoms with Crippen LogP contribution in [0.5, 0.6) is 5.88 Å². The first-order valence-electron chi connectivity index (χ1n) is 6.34. The highest BCUT2D eigenvalue weighted by Gasteiger charge is 2.08. The summed E-state index contributed by atoms with van der Waals surface area (Å²) in [5.74, 6) is -0.391. The van der Waals surface area contributed by atoms with E-state index in [0.29, 0.717) is 12.4 Å². The number of hydrogen-bond acceptors (Lipinski definition) is 4. The van der Waals surface area contributed by atoms with Gasteiger partial charge in [-0.05, 0) is 23.8 Å². The molecule has 0 aliphatic heterocycles. The highest BCUT2D eigenvalue weighted by atomic mass is 16.5. The Balaban J connectivity index is 1.95. The number of benzene rings is 1. The fraction of sp³-hybridized carbons (Fsp3) is 0.133. The van der Waals surface area contributed by atoms with E-state index in [1.807, 2.05) is 10.6 Å². The second-order valence-electron chi connectivity index (χ2n) is 4.59. The van der Waals surface area contributed by atoms with E-state index in [1.54, 1.807) is 43.9 Å². The fourth-order valence-corrected chi connectivity index (χ4v) is 2.14. The van der Waals surface area contributed by atoms with Crippen LogP contribution in [0.3, 0.4) is 0 Å². The van der Waals surface area contributed by atoms with E-state index < -0.39 is 5.97 Å². The Morgan fingerprint density at radius 3 is 2.81 bits per heavy atom. The Morgan fingerprint density at radius 2 is 2.14 bits per heavy atom. The predicted molar refractivity (Wildman–Crippen MR) is 76.6 cm³/mol. The van der Waals surface area contributed by atoms with Crippen LogP contribution in [0, 0.1) is 0 Å². The van der Waals surface area contributed by atoms with Gasteiger partial charge in [-0.2, -0.15) is 0 Å². The number of methoxy groups -OCH3 is 1. The van der Waals surface area contributed by atoms with Gasteiger partial charge in [-0.3, -0.25) is 0 Å². The predicted octanol–water partition coefficient (Wildman–Crippen LogP) is 2.19. The van der Waals surface area contributed by atoms with Crippen molar-refractivity contribution in [3.8, 4) is 5.88 Å². The summed E-state index contributed by atoms with van der Waals surface area (Å²) in [5.41, 5.74) is 2.78. The zero-order valence-electron chi connectivity index (χ0n) is 11.4. The first kappa shape index (κ1) is 13.1. The molecule has 0 amide bonds. The molecule has 0 saturated carbocycles. The molecule has 0 atom stereocenters. The number of hydrogen-bond donors (Lipinski definition) is 1. The zero-order chi connectivity index (χ0) is 14.8. The van der Waals surface area contributed by atoms with Crippen molar-refractivity contribution in [1.29, 1.82) is 0 Å². The lowest BCUT2D eigenvalue weighted by atomic mass is 10.2. The minimum Gasteiger partial charge on any atom is -0.481 e. The lowest BCUT2D eigenvalue weighted by Crippen LogP contribution is -2.01. The molecule has 0 saturated heterocycles. The molecular weight excluding hydrogens is 270 g/mol. The zero-order valence-corrected chi connectivity index (χ0v) is 11.4. The van der Waals surface area contributed by atoms with Gasteiger partial charge in [-0.1, -0.05) is 6.07 Å². The SMILES string of the molecule is COc1ccc(Cn2cnc3ccc(C(=O)O)cc32)cn1. The Morgan fingerprint density at radius 1 is 1.29 bits per heavy atom. The maximum atomic E-state index is 11.1. The van der Waals surface area contributed by atoms with Gasteiger partial charge < -0.3 is 14.4 Å². The number of carboxylic acid groups (broad SMARTS) is 1. The van der Waals surface area contributed by atoms with Crippen LogP contribution in [-0.4, -0.2) is 32.7 Å². The van der Waals surface area contributed by atoms with Gasteiger partial charge in [-0.25, -0.2) is 14.8 Å². The van der Waals surface area contributed by atoms with Crippen LogP contribution in [0.4, 0.5) is 0 Å². The lowest BCUT2D eigenvalue weighted by molar-refractivity contribution is 0.0697. The molecule has 6 heteroatoms. The van der Waals surface area contributed by atoms with Gasteiger partial charge in [0, 0.05) is 12.3 Å². The van der Waals surface area contributed by atoms with Crippen LogP contribution in [0.2, 0.25) is 0 Å². The molecule has 2 aromatic heterocycles. The molecular formula is C15H13N3O3. The first-order chi connectivity index (χ1) is 10.2. The third-order valence-electron chi connectivity index (χ3n) is 3.23. The summed E-state index contributed by atoms with van der Waals surface area (Å²) in [6, 6.07) is 8.59. The molecule has 3 rings (SSSR count). The van der Waals surface area contributed by atoms with E-state index >= 15 is 0 Å². The number of ether oxygens (including phenoxy) is 1. The molecule has 3 aromatic rings. The number of carbonyl (C=O) groups is 1. The van der Waals surface area contributed by atoms with Crippen molar-refractivity contribution in [2.45, 2.75) is 6.54 Å². The number of imidazole rings is 1. The van der Waals surface area contributed by atoms with E-state index in [-0.39, 0.29) is 5.56 Å². The van der Waals surface area contributed by atoms with Gasteiger partial charge in [-0.15, -0.1) is 0 Å². The summed E-state index contributed by atoms with van der Waals surface area (Å²) in [7, 11) is 1.57. The van der Waals surface area contributed by atoms with Crippen LogP contribution >= 0.6 is 0 Å². The number of aromatic nitrogens is 3. The van der Waals surface area contributed by atoms with Gasteiger partial charge in [0.05, 0.1) is 36.6 Å². The molecule has 2 heterocycles. The number of aromatic carboxylic acids is 1. The summed E-state index contributed by atoms with van der Waals surface area (Å²) in [4.78, 5) is 19.5. The average molecular weight is 283 g/mol. The van der Waals surface area contributed by atoms with E-state index in [2.05, 4.69) is 9.97 Å². The van der Waals surface area contributed by atoms with Crippen molar-refractivity contribution in [1.82, 2.24) is 14.5 Å². The molecule has 0 unspecified atom stereocenters. The number of fused-ring (bicyclic) bond motifs is 1. The van der Waals surface area contributed by atoms with E-state index in [0.717, 1.165) is 16.6 Å². The molecule has 1 aromatic carbocycles. The molecule has 106 valence electrons. The van der Waals surface area contributed by atoms with E-state index in [1.165, 1.54) is 0 Å². The Bertz CT molecular complexity index is 794. The summed E-state index contributed by atoms with van der Waals surface area (Å²) in [6.45, 7) is 0.566. The van der Waals surface area contributed by atoms with Gasteiger partial charge in [0.1, 0.15) is 0 Å². The highest BCUT2D eigenvalue weighted by molar-refractivity contribution is 5.92. The highest BCUT2D eigenvalue weighted by Crippen LogP contribution is 2.17. The first-order valence-corrected chi connectivity index (χ1v) is 6.34. The van der Waals surface area contributed by atoms with Crippen LogP contribution in [0.1, 0.15) is 15.9 Å². The normalized spacial score (nSPS) is 10.7. The van der Waals surface area contributed by atoms with Gasteiger partial charge in [0.25, 0.3) is 0 Å². The Hall–Kier alpha value is -2.89. The summed E-state index contributed by atoms with van der Waals surface area (Å²) < 4.78 is 6.92. The van der Waals surface area contributed by atoms with Crippen LogP contribution in [0.15, 0.2) is 42.9 Å². The molecule has 1 N–H and O–H groups in total. The minimum absolute atomic E-state index is 0.247. The third kappa shape index (κ3) is 2.55. The molecule has 0 spiro atoms. The van der Waals surface area contributed by atoms with Crippen molar-refractivity contribution in [2.75, 3.05) is 7.11 Å². The summed E-state index contributed by atoms with van der Waals surface area (Å²) in [5, 5.41) is 9.07. The Kier molecular flexibility index (Phi) is 3.27. The average Bonchev–Trinajstić information content (AvgIpc) is 2.90. The van der Waals surface area contributed by atoms with Crippen molar-refractivity contribution in [2.24, 2.45) is 0 Å². The molecule has 21 heavy (non-hydrogen) atoms. The van der Waals surface area contributed by atoms with Crippen LogP contribution < -0.4 is 4.74 Å².